The second-order valence-corrected chi connectivity index (χ2v) is 3.07. The lowest BCUT2D eigenvalue weighted by atomic mass is 10.1. The average Bonchev–Trinajstić information content (AvgIpc) is 2.26. The maximum absolute atomic E-state index is 10.9. The number of carbonyl (C=O) groups is 1. The normalized spacial score (nSPS) is 13.3. The summed E-state index contributed by atoms with van der Waals surface area (Å²) in [5.74, 6) is -0.285. The summed E-state index contributed by atoms with van der Waals surface area (Å²) in [4.78, 5) is 10.9. The van der Waals surface area contributed by atoms with E-state index >= 15 is 0 Å². The minimum atomic E-state index is -0.589. The van der Waals surface area contributed by atoms with Gasteiger partial charge in [-0.1, -0.05) is 35.5 Å². The monoisotopic (exact) mass is 207 g/mol. The fourth-order valence-electron chi connectivity index (χ4n) is 1.23. The van der Waals surface area contributed by atoms with Crippen LogP contribution in [0.1, 0.15) is 18.5 Å². The van der Waals surface area contributed by atoms with Gasteiger partial charge in [0.25, 0.3) is 0 Å². The Labute approximate surface area is 87.6 Å². The summed E-state index contributed by atoms with van der Waals surface area (Å²) >= 11 is 0. The van der Waals surface area contributed by atoms with Gasteiger partial charge >= 0.3 is 0 Å². The van der Waals surface area contributed by atoms with Gasteiger partial charge in [0.15, 0.2) is 5.84 Å². The highest BCUT2D eigenvalue weighted by Gasteiger charge is 2.16. The maximum Gasteiger partial charge on any atom is 0.217 e. The number of rotatable bonds is 3. The summed E-state index contributed by atoms with van der Waals surface area (Å²) in [7, 11) is 0. The van der Waals surface area contributed by atoms with Gasteiger partial charge in [-0.15, -0.1) is 0 Å². The van der Waals surface area contributed by atoms with Crippen molar-refractivity contribution in [2.75, 3.05) is 0 Å². The van der Waals surface area contributed by atoms with Crippen molar-refractivity contribution in [2.45, 2.75) is 13.0 Å². The number of carbonyl (C=O) groups excluding carboxylic acids is 1. The van der Waals surface area contributed by atoms with Crippen LogP contribution in [-0.4, -0.2) is 17.0 Å². The third-order valence-corrected chi connectivity index (χ3v) is 1.89. The third-order valence-electron chi connectivity index (χ3n) is 1.89. The number of benzene rings is 1. The zero-order chi connectivity index (χ0) is 11.3. The molecule has 5 heteroatoms. The summed E-state index contributed by atoms with van der Waals surface area (Å²) in [6.07, 6.45) is 0. The number of amidine groups is 1. The lowest BCUT2D eigenvalue weighted by molar-refractivity contribution is -0.119. The van der Waals surface area contributed by atoms with E-state index < -0.39 is 6.04 Å². The smallest absolute Gasteiger partial charge is 0.217 e. The Balaban J connectivity index is 2.96. The van der Waals surface area contributed by atoms with Crippen LogP contribution in [-0.2, 0) is 4.79 Å². The molecule has 1 rings (SSSR count). The number of oxime groups is 1. The summed E-state index contributed by atoms with van der Waals surface area (Å²) in [6, 6.07) is 8.47. The quantitative estimate of drug-likeness (QED) is 0.293. The first-order valence-electron chi connectivity index (χ1n) is 4.44. The zero-order valence-corrected chi connectivity index (χ0v) is 8.34. The van der Waals surface area contributed by atoms with Crippen LogP contribution in [0.15, 0.2) is 35.5 Å². The molecule has 0 aliphatic heterocycles. The van der Waals surface area contributed by atoms with Gasteiger partial charge in [-0.3, -0.25) is 4.79 Å². The molecule has 1 aromatic rings. The predicted molar refractivity (Wildman–Crippen MR) is 56.4 cm³/mol. The van der Waals surface area contributed by atoms with E-state index in [1.807, 2.05) is 18.2 Å². The van der Waals surface area contributed by atoms with Crippen molar-refractivity contribution >= 4 is 11.7 Å². The molecule has 1 aromatic carbocycles. The van der Waals surface area contributed by atoms with Crippen LogP contribution in [0.5, 0.6) is 0 Å². The van der Waals surface area contributed by atoms with Crippen molar-refractivity contribution in [3.05, 3.63) is 35.9 Å². The van der Waals surface area contributed by atoms with Crippen LogP contribution >= 0.6 is 0 Å². The van der Waals surface area contributed by atoms with E-state index in [4.69, 9.17) is 10.9 Å². The third kappa shape index (κ3) is 2.98. The zero-order valence-electron chi connectivity index (χ0n) is 8.34. The average molecular weight is 207 g/mol. The molecule has 0 bridgehead atoms. The number of nitrogens with two attached hydrogens (primary N) is 1. The Bertz CT molecular complexity index is 362. The van der Waals surface area contributed by atoms with E-state index in [9.17, 15) is 4.79 Å². The summed E-state index contributed by atoms with van der Waals surface area (Å²) in [6.45, 7) is 1.38. The fourth-order valence-corrected chi connectivity index (χ4v) is 1.23. The number of amides is 1. The van der Waals surface area contributed by atoms with Crippen LogP contribution in [0.4, 0.5) is 0 Å². The minimum absolute atomic E-state index is 0.0450. The molecule has 4 N–H and O–H groups in total. The Morgan fingerprint density at radius 2 is 2.07 bits per heavy atom. The van der Waals surface area contributed by atoms with Crippen molar-refractivity contribution in [3.63, 3.8) is 0 Å². The molecule has 0 saturated carbocycles. The van der Waals surface area contributed by atoms with Crippen LogP contribution in [0.25, 0.3) is 0 Å². The fraction of sp³-hybridized carbons (Fsp3) is 0.200. The van der Waals surface area contributed by atoms with Gasteiger partial charge in [-0.25, -0.2) is 0 Å². The molecule has 80 valence electrons. The first-order valence-corrected chi connectivity index (χ1v) is 4.44. The second-order valence-electron chi connectivity index (χ2n) is 3.07. The molecule has 0 heterocycles. The van der Waals surface area contributed by atoms with Crippen molar-refractivity contribution < 1.29 is 10.0 Å². The molecule has 15 heavy (non-hydrogen) atoms. The molecular weight excluding hydrogens is 194 g/mol. The van der Waals surface area contributed by atoms with Gasteiger partial charge in [-0.05, 0) is 5.56 Å². The van der Waals surface area contributed by atoms with Gasteiger partial charge in [0.05, 0.1) is 0 Å². The van der Waals surface area contributed by atoms with Gasteiger partial charge in [0, 0.05) is 6.92 Å². The lowest BCUT2D eigenvalue weighted by Gasteiger charge is -2.16. The van der Waals surface area contributed by atoms with E-state index in [2.05, 4.69) is 10.5 Å². The molecule has 0 spiro atoms. The van der Waals surface area contributed by atoms with Crippen LogP contribution in [0, 0.1) is 0 Å². The van der Waals surface area contributed by atoms with Crippen LogP contribution < -0.4 is 11.1 Å². The van der Waals surface area contributed by atoms with Gasteiger partial charge in [0.1, 0.15) is 6.04 Å². The SMILES string of the molecule is CC(=O)NC(/C(N)=N/O)c1ccccc1. The highest BCUT2D eigenvalue weighted by atomic mass is 16.4. The van der Waals surface area contributed by atoms with Crippen LogP contribution in [0.2, 0.25) is 0 Å². The summed E-state index contributed by atoms with van der Waals surface area (Å²) in [5, 5.41) is 14.1. The maximum atomic E-state index is 10.9. The van der Waals surface area contributed by atoms with Gasteiger partial charge in [0.2, 0.25) is 5.91 Å². The topological polar surface area (TPSA) is 87.7 Å². The number of nitrogens with one attached hydrogen (secondary N) is 1. The molecule has 0 aliphatic carbocycles. The van der Waals surface area contributed by atoms with Crippen molar-refractivity contribution in [1.29, 1.82) is 0 Å². The Kier molecular flexibility index (Phi) is 3.68. The Morgan fingerprint density at radius 1 is 1.47 bits per heavy atom. The second kappa shape index (κ2) is 4.99. The largest absolute Gasteiger partial charge is 0.409 e. The van der Waals surface area contributed by atoms with Gasteiger partial charge < -0.3 is 16.3 Å². The first-order chi connectivity index (χ1) is 7.15. The van der Waals surface area contributed by atoms with E-state index in [0.29, 0.717) is 0 Å². The Hall–Kier alpha value is -2.04. The van der Waals surface area contributed by atoms with Crippen molar-refractivity contribution in [2.24, 2.45) is 10.9 Å². The van der Waals surface area contributed by atoms with Crippen LogP contribution in [0.3, 0.4) is 0 Å². The number of nitrogens with zero attached hydrogens (tertiary/aromatic N) is 1. The molecule has 0 fully saturated rings. The predicted octanol–water partition coefficient (Wildman–Crippen LogP) is 0.610. The van der Waals surface area contributed by atoms with E-state index in [-0.39, 0.29) is 11.7 Å². The van der Waals surface area contributed by atoms with Crippen molar-refractivity contribution in [3.8, 4) is 0 Å². The highest BCUT2D eigenvalue weighted by Crippen LogP contribution is 2.12. The van der Waals surface area contributed by atoms with E-state index in [1.165, 1.54) is 6.92 Å². The molecule has 0 aromatic heterocycles. The van der Waals surface area contributed by atoms with E-state index in [0.717, 1.165) is 5.56 Å². The van der Waals surface area contributed by atoms with Gasteiger partial charge in [-0.2, -0.15) is 0 Å². The molecule has 0 radical (unpaired) electrons. The number of hydrogen-bond donors (Lipinski definition) is 3. The first kappa shape index (κ1) is 11.0. The molecule has 1 unspecified atom stereocenters. The highest BCUT2D eigenvalue weighted by molar-refractivity contribution is 5.90. The molecule has 0 aliphatic rings. The van der Waals surface area contributed by atoms with Crippen molar-refractivity contribution in [1.82, 2.24) is 5.32 Å². The molecule has 1 atom stereocenters. The lowest BCUT2D eigenvalue weighted by Crippen LogP contribution is -2.36. The minimum Gasteiger partial charge on any atom is -0.409 e. The molecule has 0 saturated heterocycles. The number of hydrogen-bond acceptors (Lipinski definition) is 3. The molecular formula is C10H13N3O2. The summed E-state index contributed by atoms with van der Waals surface area (Å²) < 4.78 is 0. The molecule has 5 nitrogen and oxygen atoms in total. The standard InChI is InChI=1S/C10H13N3O2/c1-7(14)12-9(10(11)13-15)8-5-3-2-4-6-8/h2-6,9,15H,1H3,(H2,11,13)(H,12,14). The Morgan fingerprint density at radius 3 is 2.53 bits per heavy atom. The summed E-state index contributed by atoms with van der Waals surface area (Å²) in [5.41, 5.74) is 6.25. The van der Waals surface area contributed by atoms with E-state index in [1.54, 1.807) is 12.1 Å². The molecule has 1 amide bonds.